The zero-order valence-electron chi connectivity index (χ0n) is 17.1. The molecule has 0 radical (unpaired) electrons. The standard InChI is InChI=1S/C23H17FN6O3/c24-17-10-15(2-4-20(17)33-19-6-8-26-23-16(19)5-7-25-23)29-22(32)11-21(31)28-14-1-3-18-13(9-14)12-27-30-18/h1-10,12H,11H2,(H,25,26)(H,27,30)(H,28,31)(H,29,32). The first-order chi connectivity index (χ1) is 16.0. The Morgan fingerprint density at radius 3 is 2.58 bits per heavy atom. The highest BCUT2D eigenvalue weighted by molar-refractivity contribution is 6.08. The molecule has 0 unspecified atom stereocenters. The number of halogens is 1. The van der Waals surface area contributed by atoms with E-state index in [4.69, 9.17) is 4.74 Å². The van der Waals surface area contributed by atoms with Gasteiger partial charge in [-0.1, -0.05) is 0 Å². The minimum absolute atomic E-state index is 0.00548. The monoisotopic (exact) mass is 444 g/mol. The van der Waals surface area contributed by atoms with Crippen LogP contribution in [-0.2, 0) is 9.59 Å². The SMILES string of the molecule is O=C(CC(=O)Nc1ccc2[nH]ncc2c1)Nc1ccc(Oc2ccnc3[nH]ccc23)c(F)c1. The number of nitrogens with one attached hydrogen (secondary N) is 4. The zero-order valence-corrected chi connectivity index (χ0v) is 17.1. The zero-order chi connectivity index (χ0) is 22.8. The Morgan fingerprint density at radius 1 is 0.970 bits per heavy atom. The molecule has 0 spiro atoms. The van der Waals surface area contributed by atoms with Crippen molar-refractivity contribution in [3.05, 3.63) is 72.9 Å². The van der Waals surface area contributed by atoms with Gasteiger partial charge < -0.3 is 20.4 Å². The molecule has 5 aromatic rings. The van der Waals surface area contributed by atoms with Crippen LogP contribution in [0.3, 0.4) is 0 Å². The summed E-state index contributed by atoms with van der Waals surface area (Å²) in [4.78, 5) is 31.6. The summed E-state index contributed by atoms with van der Waals surface area (Å²) < 4.78 is 20.3. The van der Waals surface area contributed by atoms with Crippen molar-refractivity contribution in [2.24, 2.45) is 0 Å². The lowest BCUT2D eigenvalue weighted by Gasteiger charge is -2.10. The number of carbonyl (C=O) groups is 2. The van der Waals surface area contributed by atoms with Crippen molar-refractivity contribution in [1.82, 2.24) is 20.2 Å². The summed E-state index contributed by atoms with van der Waals surface area (Å²) in [5.74, 6) is -1.29. The van der Waals surface area contributed by atoms with Crippen molar-refractivity contribution >= 4 is 45.1 Å². The van der Waals surface area contributed by atoms with Gasteiger partial charge in [0, 0.05) is 35.2 Å². The highest BCUT2D eigenvalue weighted by Gasteiger charge is 2.13. The largest absolute Gasteiger partial charge is 0.453 e. The van der Waals surface area contributed by atoms with Crippen molar-refractivity contribution in [3.63, 3.8) is 0 Å². The third-order valence-corrected chi connectivity index (χ3v) is 4.90. The Balaban J connectivity index is 1.21. The summed E-state index contributed by atoms with van der Waals surface area (Å²) in [7, 11) is 0. The van der Waals surface area contributed by atoms with Crippen LogP contribution in [0.5, 0.6) is 11.5 Å². The average molecular weight is 444 g/mol. The number of nitrogens with zero attached hydrogens (tertiary/aromatic N) is 2. The van der Waals surface area contributed by atoms with E-state index in [1.807, 2.05) is 0 Å². The number of pyridine rings is 1. The molecule has 0 aliphatic rings. The Labute approximate surface area is 186 Å². The number of amides is 2. The third kappa shape index (κ3) is 4.35. The number of rotatable bonds is 6. The Hall–Kier alpha value is -4.73. The molecule has 164 valence electrons. The number of aromatic nitrogens is 4. The number of H-pyrrole nitrogens is 2. The van der Waals surface area contributed by atoms with E-state index >= 15 is 0 Å². The van der Waals surface area contributed by atoms with E-state index in [0.29, 0.717) is 22.5 Å². The van der Waals surface area contributed by atoms with Crippen LogP contribution < -0.4 is 15.4 Å². The summed E-state index contributed by atoms with van der Waals surface area (Å²) >= 11 is 0. The topological polar surface area (TPSA) is 125 Å². The summed E-state index contributed by atoms with van der Waals surface area (Å²) in [6.45, 7) is 0. The highest BCUT2D eigenvalue weighted by atomic mass is 19.1. The van der Waals surface area contributed by atoms with Gasteiger partial charge in [0.15, 0.2) is 11.6 Å². The molecule has 33 heavy (non-hydrogen) atoms. The second-order valence-corrected chi connectivity index (χ2v) is 7.24. The van der Waals surface area contributed by atoms with Crippen molar-refractivity contribution in [2.45, 2.75) is 6.42 Å². The first kappa shape index (κ1) is 20.2. The molecular formula is C23H17FN6O3. The molecule has 0 fully saturated rings. The Bertz CT molecular complexity index is 1490. The van der Waals surface area contributed by atoms with Gasteiger partial charge in [0.2, 0.25) is 11.8 Å². The highest BCUT2D eigenvalue weighted by Crippen LogP contribution is 2.31. The van der Waals surface area contributed by atoms with Crippen molar-refractivity contribution < 1.29 is 18.7 Å². The van der Waals surface area contributed by atoms with Gasteiger partial charge in [-0.3, -0.25) is 14.7 Å². The van der Waals surface area contributed by atoms with Crippen LogP contribution in [0.1, 0.15) is 6.42 Å². The fourth-order valence-electron chi connectivity index (χ4n) is 3.38. The number of hydrogen-bond acceptors (Lipinski definition) is 5. The number of benzene rings is 2. The Kier molecular flexibility index (Phi) is 5.15. The molecule has 10 heteroatoms. The fraction of sp³-hybridized carbons (Fsp3) is 0.0435. The molecule has 0 saturated carbocycles. The second kappa shape index (κ2) is 8.42. The maximum Gasteiger partial charge on any atom is 0.233 e. The lowest BCUT2D eigenvalue weighted by molar-refractivity contribution is -0.123. The summed E-state index contributed by atoms with van der Waals surface area (Å²) in [6.07, 6.45) is 4.48. The number of ether oxygens (including phenoxy) is 1. The number of fused-ring (bicyclic) bond motifs is 2. The molecular weight excluding hydrogens is 427 g/mol. The smallest absolute Gasteiger partial charge is 0.233 e. The number of aromatic amines is 2. The molecule has 2 amide bonds. The quantitative estimate of drug-likeness (QED) is 0.290. The van der Waals surface area contributed by atoms with Crippen LogP contribution >= 0.6 is 0 Å². The van der Waals surface area contributed by atoms with Gasteiger partial charge in [0.1, 0.15) is 17.8 Å². The molecule has 0 aliphatic carbocycles. The van der Waals surface area contributed by atoms with E-state index in [0.717, 1.165) is 17.0 Å². The minimum atomic E-state index is -0.661. The van der Waals surface area contributed by atoms with Crippen molar-refractivity contribution in [1.29, 1.82) is 0 Å². The van der Waals surface area contributed by atoms with Gasteiger partial charge in [-0.15, -0.1) is 0 Å². The Morgan fingerprint density at radius 2 is 1.76 bits per heavy atom. The molecule has 2 aromatic carbocycles. The predicted molar refractivity (Wildman–Crippen MR) is 121 cm³/mol. The van der Waals surface area contributed by atoms with E-state index in [1.165, 1.54) is 12.1 Å². The fourth-order valence-corrected chi connectivity index (χ4v) is 3.38. The van der Waals surface area contributed by atoms with Crippen LogP contribution in [-0.4, -0.2) is 32.0 Å². The maximum absolute atomic E-state index is 14.6. The molecule has 3 heterocycles. The first-order valence-corrected chi connectivity index (χ1v) is 9.97. The van der Waals surface area contributed by atoms with Gasteiger partial charge in [-0.05, 0) is 42.5 Å². The van der Waals surface area contributed by atoms with E-state index in [2.05, 4.69) is 30.8 Å². The van der Waals surface area contributed by atoms with E-state index in [9.17, 15) is 14.0 Å². The summed E-state index contributed by atoms with van der Waals surface area (Å²) in [5.41, 5.74) is 2.21. The third-order valence-electron chi connectivity index (χ3n) is 4.90. The van der Waals surface area contributed by atoms with Crippen molar-refractivity contribution in [2.75, 3.05) is 10.6 Å². The summed E-state index contributed by atoms with van der Waals surface area (Å²) in [5, 5.41) is 13.5. The molecule has 9 nitrogen and oxygen atoms in total. The minimum Gasteiger partial charge on any atom is -0.453 e. The van der Waals surface area contributed by atoms with E-state index < -0.39 is 24.1 Å². The van der Waals surface area contributed by atoms with Crippen LogP contribution in [0.4, 0.5) is 15.8 Å². The van der Waals surface area contributed by atoms with E-state index in [1.54, 1.807) is 48.9 Å². The number of carbonyl (C=O) groups excluding carboxylic acids is 2. The lowest BCUT2D eigenvalue weighted by atomic mass is 10.2. The van der Waals surface area contributed by atoms with Crippen LogP contribution in [0.15, 0.2) is 67.1 Å². The van der Waals surface area contributed by atoms with Gasteiger partial charge in [0.25, 0.3) is 0 Å². The predicted octanol–water partition coefficient (Wildman–Crippen LogP) is 4.34. The second-order valence-electron chi connectivity index (χ2n) is 7.24. The van der Waals surface area contributed by atoms with E-state index in [-0.39, 0.29) is 11.4 Å². The average Bonchev–Trinajstić information content (AvgIpc) is 3.45. The normalized spacial score (nSPS) is 10.9. The molecule has 0 aliphatic heterocycles. The maximum atomic E-state index is 14.6. The van der Waals surface area contributed by atoms with Crippen molar-refractivity contribution in [3.8, 4) is 11.5 Å². The van der Waals surface area contributed by atoms with Gasteiger partial charge in [-0.25, -0.2) is 9.37 Å². The van der Waals surface area contributed by atoms with Gasteiger partial charge >= 0.3 is 0 Å². The van der Waals surface area contributed by atoms with Crippen LogP contribution in [0.2, 0.25) is 0 Å². The lowest BCUT2D eigenvalue weighted by Crippen LogP contribution is -2.21. The molecule has 5 rings (SSSR count). The summed E-state index contributed by atoms with van der Waals surface area (Å²) in [6, 6.07) is 12.7. The molecule has 4 N–H and O–H groups in total. The van der Waals surface area contributed by atoms with Crippen LogP contribution in [0.25, 0.3) is 21.9 Å². The van der Waals surface area contributed by atoms with Gasteiger partial charge in [0.05, 0.1) is 17.1 Å². The van der Waals surface area contributed by atoms with Gasteiger partial charge in [-0.2, -0.15) is 5.10 Å². The number of anilines is 2. The molecule has 3 aromatic heterocycles. The molecule has 0 saturated heterocycles. The first-order valence-electron chi connectivity index (χ1n) is 9.97. The number of hydrogen-bond donors (Lipinski definition) is 4. The molecule has 0 bridgehead atoms. The molecule has 0 atom stereocenters. The van der Waals surface area contributed by atoms with Crippen LogP contribution in [0, 0.1) is 5.82 Å².